The molecule has 0 aliphatic heterocycles. The maximum absolute atomic E-state index is 12.3. The van der Waals surface area contributed by atoms with E-state index in [2.05, 4.69) is 19.2 Å². The summed E-state index contributed by atoms with van der Waals surface area (Å²) in [5, 5.41) is 3.13. The van der Waals surface area contributed by atoms with Crippen molar-refractivity contribution in [3.8, 4) is 5.75 Å². The molecule has 21 heavy (non-hydrogen) atoms. The first kappa shape index (κ1) is 15.7. The first-order chi connectivity index (χ1) is 9.91. The van der Waals surface area contributed by atoms with Crippen LogP contribution in [-0.2, 0) is 0 Å². The summed E-state index contributed by atoms with van der Waals surface area (Å²) in [5.74, 6) is 0.584. The van der Waals surface area contributed by atoms with Gasteiger partial charge in [-0.25, -0.2) is 0 Å². The van der Waals surface area contributed by atoms with Crippen LogP contribution in [0.25, 0.3) is 0 Å². The summed E-state index contributed by atoms with van der Waals surface area (Å²) in [6.45, 7) is 7.00. The zero-order chi connectivity index (χ0) is 15.5. The Morgan fingerprint density at radius 3 is 2.86 bits per heavy atom. The van der Waals surface area contributed by atoms with E-state index in [-0.39, 0.29) is 11.9 Å². The van der Waals surface area contributed by atoms with Crippen LogP contribution < -0.4 is 15.8 Å². The van der Waals surface area contributed by atoms with Gasteiger partial charge in [-0.1, -0.05) is 20.3 Å². The van der Waals surface area contributed by atoms with Gasteiger partial charge in [0.25, 0.3) is 5.91 Å². The van der Waals surface area contributed by atoms with Crippen molar-refractivity contribution in [1.29, 1.82) is 0 Å². The van der Waals surface area contributed by atoms with Gasteiger partial charge in [0.15, 0.2) is 0 Å². The van der Waals surface area contributed by atoms with Crippen LogP contribution in [0.4, 0.5) is 5.69 Å². The Labute approximate surface area is 127 Å². The molecule has 0 bridgehead atoms. The van der Waals surface area contributed by atoms with Crippen molar-refractivity contribution in [2.45, 2.75) is 52.5 Å². The van der Waals surface area contributed by atoms with Crippen LogP contribution in [0.5, 0.6) is 5.75 Å². The third-order valence-corrected chi connectivity index (χ3v) is 4.11. The zero-order valence-corrected chi connectivity index (χ0v) is 13.2. The quantitative estimate of drug-likeness (QED) is 0.836. The lowest BCUT2D eigenvalue weighted by Crippen LogP contribution is -2.40. The lowest BCUT2D eigenvalue weighted by molar-refractivity contribution is 0.0902. The molecule has 0 spiro atoms. The number of rotatable bonds is 4. The minimum absolute atomic E-state index is 0.0487. The van der Waals surface area contributed by atoms with Crippen LogP contribution in [0, 0.1) is 5.41 Å². The molecule has 0 heterocycles. The molecule has 1 atom stereocenters. The summed E-state index contributed by atoms with van der Waals surface area (Å²) in [5.41, 5.74) is 7.33. The fourth-order valence-corrected chi connectivity index (χ4v) is 3.07. The standard InChI is InChI=1S/C17H26N2O2/c1-4-21-15-8-7-12(10-14(15)18)16(20)19-13-6-5-9-17(2,3)11-13/h7-8,10,13H,4-6,9,11,18H2,1-3H3,(H,19,20). The van der Waals surface area contributed by atoms with E-state index in [0.29, 0.717) is 29.0 Å². The topological polar surface area (TPSA) is 64.3 Å². The maximum atomic E-state index is 12.3. The van der Waals surface area contributed by atoms with Gasteiger partial charge in [-0.2, -0.15) is 0 Å². The first-order valence-corrected chi connectivity index (χ1v) is 7.74. The van der Waals surface area contributed by atoms with Crippen LogP contribution in [0.15, 0.2) is 18.2 Å². The van der Waals surface area contributed by atoms with Crippen LogP contribution in [-0.4, -0.2) is 18.6 Å². The highest BCUT2D eigenvalue weighted by Gasteiger charge is 2.28. The van der Waals surface area contributed by atoms with Gasteiger partial charge in [0.2, 0.25) is 0 Å². The molecule has 3 N–H and O–H groups in total. The van der Waals surface area contributed by atoms with Crippen molar-refractivity contribution < 1.29 is 9.53 Å². The molecule has 4 nitrogen and oxygen atoms in total. The molecule has 4 heteroatoms. The van der Waals surface area contributed by atoms with Crippen LogP contribution in [0.1, 0.15) is 56.8 Å². The lowest BCUT2D eigenvalue weighted by atomic mass is 9.75. The van der Waals surface area contributed by atoms with Gasteiger partial charge in [-0.15, -0.1) is 0 Å². The van der Waals surface area contributed by atoms with Gasteiger partial charge in [-0.3, -0.25) is 4.79 Å². The van der Waals surface area contributed by atoms with Gasteiger partial charge < -0.3 is 15.8 Å². The van der Waals surface area contributed by atoms with E-state index in [1.807, 2.05) is 6.92 Å². The Morgan fingerprint density at radius 2 is 2.24 bits per heavy atom. The van der Waals surface area contributed by atoms with Crippen LogP contribution in [0.2, 0.25) is 0 Å². The number of ether oxygens (including phenoxy) is 1. The molecule has 1 aromatic carbocycles. The molecule has 116 valence electrons. The van der Waals surface area contributed by atoms with E-state index >= 15 is 0 Å². The fourth-order valence-electron chi connectivity index (χ4n) is 3.07. The Balaban J connectivity index is 2.01. The van der Waals surface area contributed by atoms with Crippen LogP contribution >= 0.6 is 0 Å². The zero-order valence-electron chi connectivity index (χ0n) is 13.2. The Hall–Kier alpha value is -1.71. The number of anilines is 1. The van der Waals surface area contributed by atoms with Crippen LogP contribution in [0.3, 0.4) is 0 Å². The van der Waals surface area contributed by atoms with E-state index in [0.717, 1.165) is 12.8 Å². The Bertz CT molecular complexity index is 512. The molecule has 0 radical (unpaired) electrons. The average molecular weight is 290 g/mol. The number of hydrogen-bond donors (Lipinski definition) is 2. The van der Waals surface area contributed by atoms with Crippen molar-refractivity contribution in [3.05, 3.63) is 23.8 Å². The highest BCUT2D eigenvalue weighted by molar-refractivity contribution is 5.95. The van der Waals surface area contributed by atoms with Gasteiger partial charge in [0.1, 0.15) is 5.75 Å². The summed E-state index contributed by atoms with van der Waals surface area (Å²) in [4.78, 5) is 12.3. The van der Waals surface area contributed by atoms with E-state index in [4.69, 9.17) is 10.5 Å². The van der Waals surface area contributed by atoms with Gasteiger partial charge in [0, 0.05) is 11.6 Å². The maximum Gasteiger partial charge on any atom is 0.251 e. The van der Waals surface area contributed by atoms with Gasteiger partial charge in [-0.05, 0) is 49.8 Å². The van der Waals surface area contributed by atoms with Gasteiger partial charge in [0.05, 0.1) is 12.3 Å². The minimum Gasteiger partial charge on any atom is -0.492 e. The summed E-state index contributed by atoms with van der Waals surface area (Å²) >= 11 is 0. The smallest absolute Gasteiger partial charge is 0.251 e. The van der Waals surface area contributed by atoms with Gasteiger partial charge >= 0.3 is 0 Å². The molecule has 1 fully saturated rings. The number of benzene rings is 1. The molecule has 1 amide bonds. The summed E-state index contributed by atoms with van der Waals surface area (Å²) < 4.78 is 5.39. The molecule has 0 aromatic heterocycles. The first-order valence-electron chi connectivity index (χ1n) is 7.74. The molecular formula is C17H26N2O2. The highest BCUT2D eigenvalue weighted by atomic mass is 16.5. The number of carbonyl (C=O) groups is 1. The van der Waals surface area contributed by atoms with Crippen molar-refractivity contribution in [3.63, 3.8) is 0 Å². The predicted molar refractivity (Wildman–Crippen MR) is 85.5 cm³/mol. The fraction of sp³-hybridized carbons (Fsp3) is 0.588. The number of nitrogens with two attached hydrogens (primary N) is 1. The molecule has 1 saturated carbocycles. The predicted octanol–water partition coefficient (Wildman–Crippen LogP) is 3.37. The Morgan fingerprint density at radius 1 is 1.48 bits per heavy atom. The molecular weight excluding hydrogens is 264 g/mol. The highest BCUT2D eigenvalue weighted by Crippen LogP contribution is 2.35. The second kappa shape index (κ2) is 6.37. The van der Waals surface area contributed by atoms with Crippen molar-refractivity contribution >= 4 is 11.6 Å². The molecule has 1 aliphatic rings. The average Bonchev–Trinajstić information content (AvgIpc) is 2.40. The summed E-state index contributed by atoms with van der Waals surface area (Å²) in [6, 6.07) is 5.48. The monoisotopic (exact) mass is 290 g/mol. The normalized spacial score (nSPS) is 20.8. The second-order valence-electron chi connectivity index (χ2n) is 6.62. The van der Waals surface area contributed by atoms with E-state index in [9.17, 15) is 4.79 Å². The SMILES string of the molecule is CCOc1ccc(C(=O)NC2CCCC(C)(C)C2)cc1N. The second-order valence-corrected chi connectivity index (χ2v) is 6.62. The summed E-state index contributed by atoms with van der Waals surface area (Å²) in [6.07, 6.45) is 4.49. The van der Waals surface area contributed by atoms with E-state index in [1.165, 1.54) is 12.8 Å². The van der Waals surface area contributed by atoms with E-state index < -0.39 is 0 Å². The van der Waals surface area contributed by atoms with Crippen molar-refractivity contribution in [2.24, 2.45) is 5.41 Å². The lowest BCUT2D eigenvalue weighted by Gasteiger charge is -2.35. The number of amides is 1. The minimum atomic E-state index is -0.0487. The van der Waals surface area contributed by atoms with E-state index in [1.54, 1.807) is 18.2 Å². The number of hydrogen-bond acceptors (Lipinski definition) is 3. The Kier molecular flexibility index (Phi) is 4.76. The molecule has 2 rings (SSSR count). The molecule has 1 aromatic rings. The number of nitrogens with one attached hydrogen (secondary N) is 1. The summed E-state index contributed by atoms with van der Waals surface area (Å²) in [7, 11) is 0. The molecule has 0 saturated heterocycles. The molecule has 1 aliphatic carbocycles. The largest absolute Gasteiger partial charge is 0.492 e. The number of carbonyl (C=O) groups excluding carboxylic acids is 1. The van der Waals surface area contributed by atoms with Crippen molar-refractivity contribution in [2.75, 3.05) is 12.3 Å². The third-order valence-electron chi connectivity index (χ3n) is 4.11. The third kappa shape index (κ3) is 4.13. The van der Waals surface area contributed by atoms with Crippen molar-refractivity contribution in [1.82, 2.24) is 5.32 Å². The number of nitrogen functional groups attached to an aromatic ring is 1. The molecule has 1 unspecified atom stereocenters.